The Bertz CT molecular complexity index is 2290. The highest BCUT2D eigenvalue weighted by molar-refractivity contribution is 6.48. The topological polar surface area (TPSA) is 68.2 Å². The van der Waals surface area contributed by atoms with Crippen LogP contribution in [0.1, 0.15) is 85.5 Å². The van der Waals surface area contributed by atoms with E-state index in [4.69, 9.17) is 14.1 Å². The van der Waals surface area contributed by atoms with Gasteiger partial charge >= 0.3 is 7.05 Å². The Balaban J connectivity index is 0.000000145. The molecule has 6 aromatic rings. The largest absolute Gasteiger partial charge is 0.406 e. The first-order valence-electron chi connectivity index (χ1n) is 22.3. The second-order valence-corrected chi connectivity index (χ2v) is 16.6. The number of benzene rings is 6. The molecule has 10 heteroatoms. The lowest BCUT2D eigenvalue weighted by Crippen LogP contribution is -2.41. The number of rotatable bonds is 7. The maximum Gasteiger partial charge on any atom is 0.380 e. The molecule has 4 fully saturated rings. The van der Waals surface area contributed by atoms with Gasteiger partial charge in [0, 0.05) is 33.2 Å². The van der Waals surface area contributed by atoms with Crippen molar-refractivity contribution >= 4 is 21.2 Å². The van der Waals surface area contributed by atoms with Crippen molar-refractivity contribution in [3.63, 3.8) is 0 Å². The molecule has 6 nitrogen and oxygen atoms in total. The fourth-order valence-corrected chi connectivity index (χ4v) is 9.35. The monoisotopic (exact) mass is 860 g/mol. The lowest BCUT2D eigenvalue weighted by Gasteiger charge is -2.36. The summed E-state index contributed by atoms with van der Waals surface area (Å²) >= 11 is 0. The number of ether oxygens (including phenoxy) is 2. The van der Waals surface area contributed by atoms with Crippen LogP contribution in [0.5, 0.6) is 0 Å². The summed E-state index contributed by atoms with van der Waals surface area (Å²) in [4.78, 5) is 14.0. The Morgan fingerprint density at radius 1 is 0.656 bits per heavy atom. The van der Waals surface area contributed by atoms with Gasteiger partial charge in [-0.3, -0.25) is 4.79 Å². The van der Waals surface area contributed by atoms with Gasteiger partial charge < -0.3 is 24.0 Å². The fourth-order valence-electron chi connectivity index (χ4n) is 9.35. The second kappa shape index (κ2) is 23.1. The number of fused-ring (bicyclic) bond motifs is 1. The third-order valence-electron chi connectivity index (χ3n) is 12.4. The van der Waals surface area contributed by atoms with Crippen molar-refractivity contribution in [1.82, 2.24) is 4.81 Å². The van der Waals surface area contributed by atoms with Gasteiger partial charge in [0.2, 0.25) is 0 Å². The van der Waals surface area contributed by atoms with Crippen LogP contribution >= 0.6 is 0 Å². The standard InChI is InChI=1S/C18H20BNO.C14H13FO.C14H11FO.C8H14O2.B/c1-19-20-14-8-13-17(20)18(21-19,15-9-4-2-5-10-15)16-11-6-3-7-12-16;2*1-10(16)13-4-2-3-5-14(13)11-6-8-12(15)9-7-11;1-3-7(9-5-1)8-4-2-6-10-8;/h2-7,9-12,17H,8,13-14H2,1H3;2-10,16H,1H3;2-9H,1H3;7-8H,1-6H2;/t17-;10-;;;/m01.../s1. The number of carbonyl (C=O) groups is 1. The van der Waals surface area contributed by atoms with Crippen molar-refractivity contribution in [2.75, 3.05) is 19.8 Å². The van der Waals surface area contributed by atoms with Gasteiger partial charge in [-0.1, -0.05) is 133 Å². The predicted octanol–water partition coefficient (Wildman–Crippen LogP) is 11.7. The molecule has 1 N–H and O–H groups in total. The Labute approximate surface area is 380 Å². The Kier molecular flexibility index (Phi) is 17.4. The molecule has 64 heavy (non-hydrogen) atoms. The van der Waals surface area contributed by atoms with Crippen LogP contribution in [0.4, 0.5) is 8.78 Å². The molecule has 4 atom stereocenters. The van der Waals surface area contributed by atoms with E-state index in [0.29, 0.717) is 23.8 Å². The molecular weight excluding hydrogens is 802 g/mol. The summed E-state index contributed by atoms with van der Waals surface area (Å²) in [6, 6.07) is 49.3. The predicted molar refractivity (Wildman–Crippen MR) is 254 cm³/mol. The number of hydrogen-bond donors (Lipinski definition) is 1. The summed E-state index contributed by atoms with van der Waals surface area (Å²) in [5, 5.41) is 9.65. The SMILES string of the molecule is C1COC(C2CCCO2)C1.CB1OC(c2ccccc2)(c2ccccc2)[C@@H]2CCCN12.CC(=O)c1ccccc1-c1ccc(F)cc1.C[C@@H](O)c1ccccc1-c1ccc(F)cc1.[B]. The Hall–Kier alpha value is -5.22. The number of carbonyl (C=O) groups excluding carboxylic acids is 1. The van der Waals surface area contributed by atoms with Crippen molar-refractivity contribution < 1.29 is 32.8 Å². The molecule has 329 valence electrons. The van der Waals surface area contributed by atoms with Gasteiger partial charge in [0.25, 0.3) is 0 Å². The smallest absolute Gasteiger partial charge is 0.380 e. The van der Waals surface area contributed by atoms with E-state index in [2.05, 4.69) is 72.3 Å². The second-order valence-electron chi connectivity index (χ2n) is 16.6. The molecule has 4 aliphatic rings. The van der Waals surface area contributed by atoms with Gasteiger partial charge in [-0.25, -0.2) is 8.78 Å². The van der Waals surface area contributed by atoms with Crippen LogP contribution in [0.3, 0.4) is 0 Å². The Morgan fingerprint density at radius 2 is 1.12 bits per heavy atom. The van der Waals surface area contributed by atoms with Crippen molar-refractivity contribution in [2.24, 2.45) is 0 Å². The van der Waals surface area contributed by atoms with Gasteiger partial charge in [-0.05, 0) is 129 Å². The van der Waals surface area contributed by atoms with Crippen LogP contribution in [0, 0.1) is 11.6 Å². The first-order chi connectivity index (χ1) is 30.7. The van der Waals surface area contributed by atoms with E-state index in [0.717, 1.165) is 47.6 Å². The van der Waals surface area contributed by atoms with Crippen molar-refractivity contribution in [2.45, 2.75) is 89.2 Å². The van der Waals surface area contributed by atoms with E-state index in [1.54, 1.807) is 37.3 Å². The molecule has 4 aliphatic heterocycles. The van der Waals surface area contributed by atoms with E-state index in [1.807, 2.05) is 42.5 Å². The highest BCUT2D eigenvalue weighted by Gasteiger charge is 2.56. The van der Waals surface area contributed by atoms with Crippen LogP contribution in [-0.4, -0.2) is 69.2 Å². The Morgan fingerprint density at radius 3 is 1.61 bits per heavy atom. The molecule has 10 rings (SSSR count). The lowest BCUT2D eigenvalue weighted by molar-refractivity contribution is -0.0173. The number of hydrogen-bond acceptors (Lipinski definition) is 6. The average Bonchev–Trinajstić information content (AvgIpc) is 4.17. The number of nitrogens with zero attached hydrogens (tertiary/aromatic N) is 1. The summed E-state index contributed by atoms with van der Waals surface area (Å²) in [5.41, 5.74) is 7.30. The summed E-state index contributed by atoms with van der Waals surface area (Å²) in [7, 11) is 0.179. The minimum Gasteiger partial charge on any atom is -0.406 e. The highest BCUT2D eigenvalue weighted by atomic mass is 19.1. The zero-order valence-corrected chi connectivity index (χ0v) is 37.1. The van der Waals surface area contributed by atoms with Crippen molar-refractivity contribution in [3.05, 3.63) is 192 Å². The highest BCUT2D eigenvalue weighted by Crippen LogP contribution is 2.48. The van der Waals surface area contributed by atoms with E-state index < -0.39 is 6.10 Å². The minimum atomic E-state index is -0.527. The quantitative estimate of drug-likeness (QED) is 0.127. The molecule has 0 spiro atoms. The fraction of sp³-hybridized carbons (Fsp3) is 0.315. The molecule has 0 saturated carbocycles. The lowest BCUT2D eigenvalue weighted by atomic mass is 9.79. The van der Waals surface area contributed by atoms with Gasteiger partial charge in [0.15, 0.2) is 5.78 Å². The number of halogens is 2. The molecule has 2 unspecified atom stereocenters. The molecule has 0 aromatic heterocycles. The third-order valence-corrected chi connectivity index (χ3v) is 12.4. The van der Waals surface area contributed by atoms with Gasteiger partial charge in [-0.2, -0.15) is 0 Å². The maximum absolute atomic E-state index is 12.8. The molecule has 6 aromatic carbocycles. The van der Waals surface area contributed by atoms with Crippen molar-refractivity contribution in [1.29, 1.82) is 0 Å². The zero-order chi connectivity index (χ0) is 44.2. The minimum absolute atomic E-state index is 0. The van der Waals surface area contributed by atoms with Crippen LogP contribution in [0.25, 0.3) is 22.3 Å². The number of ketones is 1. The summed E-state index contributed by atoms with van der Waals surface area (Å²) in [6.07, 6.45) is 7.68. The van der Waals surface area contributed by atoms with Gasteiger partial charge in [0.05, 0.1) is 18.3 Å². The third kappa shape index (κ3) is 11.5. The number of aliphatic hydroxyl groups is 1. The molecular formula is C54H58B2F2NO5. The van der Waals surface area contributed by atoms with Crippen LogP contribution < -0.4 is 0 Å². The normalized spacial score (nSPS) is 20.0. The van der Waals surface area contributed by atoms with Crippen LogP contribution in [0.2, 0.25) is 6.82 Å². The molecule has 4 saturated heterocycles. The average molecular weight is 861 g/mol. The zero-order valence-electron chi connectivity index (χ0n) is 37.1. The number of aliphatic hydroxyl groups excluding tert-OH is 1. The molecule has 4 heterocycles. The molecule has 3 radical (unpaired) electrons. The molecule has 0 bridgehead atoms. The summed E-state index contributed by atoms with van der Waals surface area (Å²) in [5.74, 6) is -0.512. The first kappa shape index (κ1) is 48.2. The van der Waals surface area contributed by atoms with Crippen molar-refractivity contribution in [3.8, 4) is 22.3 Å². The van der Waals surface area contributed by atoms with E-state index in [1.165, 1.54) is 80.8 Å². The first-order valence-corrected chi connectivity index (χ1v) is 22.3. The van der Waals surface area contributed by atoms with E-state index >= 15 is 0 Å². The van der Waals surface area contributed by atoms with Gasteiger partial charge in [-0.15, -0.1) is 0 Å². The summed E-state index contributed by atoms with van der Waals surface area (Å²) < 4.78 is 43.2. The van der Waals surface area contributed by atoms with Crippen LogP contribution in [-0.2, 0) is 19.7 Å². The van der Waals surface area contributed by atoms with Gasteiger partial charge in [0.1, 0.15) is 17.2 Å². The van der Waals surface area contributed by atoms with E-state index in [9.17, 15) is 18.7 Å². The van der Waals surface area contributed by atoms with E-state index in [-0.39, 0.29) is 38.5 Å². The number of Topliss-reactive ketones (excluding diaryl/α,β-unsaturated/α-hetero) is 1. The van der Waals surface area contributed by atoms with Crippen LogP contribution in [0.15, 0.2) is 158 Å². The maximum atomic E-state index is 12.8. The molecule has 0 amide bonds. The molecule has 0 aliphatic carbocycles. The summed E-state index contributed by atoms with van der Waals surface area (Å²) in [6.45, 7) is 8.49.